The number of nitrogens with one attached hydrogen (secondary N) is 1. The highest BCUT2D eigenvalue weighted by Gasteiger charge is 2.38. The van der Waals surface area contributed by atoms with Gasteiger partial charge < -0.3 is 9.30 Å². The lowest BCUT2D eigenvalue weighted by Crippen LogP contribution is -2.35. The molecule has 1 amide bonds. The fourth-order valence-corrected chi connectivity index (χ4v) is 5.93. The minimum Gasteiger partial charge on any atom is -0.494 e. The number of hydrogen-bond donors (Lipinski definition) is 1. The molecule has 1 aromatic carbocycles. The SMILES string of the molecule is CCOc1ccc(-n2c(C)cc(C=C3C(=N)N4N=C(C5CCCCC5)SC4=NC3=O)c2C)cc1. The van der Waals surface area contributed by atoms with Crippen molar-refractivity contribution < 1.29 is 9.53 Å². The van der Waals surface area contributed by atoms with Crippen LogP contribution >= 0.6 is 11.8 Å². The second kappa shape index (κ2) is 9.25. The summed E-state index contributed by atoms with van der Waals surface area (Å²) < 4.78 is 7.70. The number of fused-ring (bicyclic) bond motifs is 1. The van der Waals surface area contributed by atoms with Crippen molar-refractivity contribution in [3.63, 3.8) is 0 Å². The number of amidine groups is 2. The van der Waals surface area contributed by atoms with Gasteiger partial charge in [0.1, 0.15) is 10.8 Å². The number of nitrogens with zero attached hydrogens (tertiary/aromatic N) is 4. The maximum Gasteiger partial charge on any atom is 0.283 e. The Morgan fingerprint density at radius 2 is 1.91 bits per heavy atom. The van der Waals surface area contributed by atoms with E-state index in [-0.39, 0.29) is 17.3 Å². The van der Waals surface area contributed by atoms with Crippen LogP contribution in [0.2, 0.25) is 0 Å². The number of hydrazone groups is 1. The summed E-state index contributed by atoms with van der Waals surface area (Å²) >= 11 is 1.45. The molecule has 0 atom stereocenters. The summed E-state index contributed by atoms with van der Waals surface area (Å²) in [6.07, 6.45) is 7.71. The Hall–Kier alpha value is -3.13. The molecule has 2 aliphatic heterocycles. The Bertz CT molecular complexity index is 1230. The fraction of sp³-hybridized carbons (Fsp3) is 0.385. The van der Waals surface area contributed by atoms with Gasteiger partial charge in [-0.15, -0.1) is 0 Å². The van der Waals surface area contributed by atoms with E-state index in [9.17, 15) is 4.79 Å². The van der Waals surface area contributed by atoms with Crippen molar-refractivity contribution in [1.82, 2.24) is 9.58 Å². The monoisotopic (exact) mass is 475 g/mol. The predicted molar refractivity (Wildman–Crippen MR) is 138 cm³/mol. The average molecular weight is 476 g/mol. The largest absolute Gasteiger partial charge is 0.494 e. The molecule has 34 heavy (non-hydrogen) atoms. The zero-order valence-electron chi connectivity index (χ0n) is 19.8. The fourth-order valence-electron chi connectivity index (χ4n) is 4.87. The quantitative estimate of drug-likeness (QED) is 0.563. The summed E-state index contributed by atoms with van der Waals surface area (Å²) in [7, 11) is 0. The molecule has 8 heteroatoms. The Labute approximate surface area is 204 Å². The number of aliphatic imine (C=N–C) groups is 1. The van der Waals surface area contributed by atoms with Crippen LogP contribution in [0.15, 0.2) is 46.0 Å². The minimum atomic E-state index is -0.380. The number of carbonyl (C=O) groups is 1. The number of hydrogen-bond acceptors (Lipinski definition) is 5. The van der Waals surface area contributed by atoms with Gasteiger partial charge in [-0.25, -0.2) is 0 Å². The molecule has 0 saturated heterocycles. The van der Waals surface area contributed by atoms with E-state index in [4.69, 9.17) is 15.2 Å². The summed E-state index contributed by atoms with van der Waals surface area (Å²) in [5.74, 6) is 0.965. The second-order valence-corrected chi connectivity index (χ2v) is 9.87. The van der Waals surface area contributed by atoms with Gasteiger partial charge in [0.2, 0.25) is 5.17 Å². The zero-order valence-corrected chi connectivity index (χ0v) is 20.6. The third-order valence-electron chi connectivity index (χ3n) is 6.60. The van der Waals surface area contributed by atoms with E-state index in [0.717, 1.165) is 46.3 Å². The Morgan fingerprint density at radius 1 is 1.18 bits per heavy atom. The van der Waals surface area contributed by atoms with Crippen LogP contribution in [-0.2, 0) is 4.79 Å². The summed E-state index contributed by atoms with van der Waals surface area (Å²) in [4.78, 5) is 17.2. The van der Waals surface area contributed by atoms with Crippen molar-refractivity contribution in [3.05, 3.63) is 52.9 Å². The molecule has 1 aromatic heterocycles. The lowest BCUT2D eigenvalue weighted by molar-refractivity contribution is -0.114. The molecule has 1 fully saturated rings. The van der Waals surface area contributed by atoms with Crippen LogP contribution in [-0.4, -0.2) is 38.1 Å². The van der Waals surface area contributed by atoms with Gasteiger partial charge in [0, 0.05) is 23.0 Å². The van der Waals surface area contributed by atoms with E-state index in [1.807, 2.05) is 51.1 Å². The van der Waals surface area contributed by atoms with Crippen LogP contribution in [0.25, 0.3) is 11.8 Å². The lowest BCUT2D eigenvalue weighted by Gasteiger charge is -2.20. The Balaban J connectivity index is 1.44. The van der Waals surface area contributed by atoms with E-state index in [1.54, 1.807) is 6.08 Å². The van der Waals surface area contributed by atoms with Crippen LogP contribution < -0.4 is 4.74 Å². The van der Waals surface area contributed by atoms with Gasteiger partial charge in [-0.05, 0) is 87.3 Å². The van der Waals surface area contributed by atoms with Crippen LogP contribution in [0.3, 0.4) is 0 Å². The summed E-state index contributed by atoms with van der Waals surface area (Å²) in [6, 6.07) is 10.00. The molecule has 1 saturated carbocycles. The third kappa shape index (κ3) is 4.11. The molecule has 0 spiro atoms. The smallest absolute Gasteiger partial charge is 0.283 e. The van der Waals surface area contributed by atoms with Gasteiger partial charge in [-0.3, -0.25) is 10.2 Å². The van der Waals surface area contributed by atoms with Crippen LogP contribution in [0.1, 0.15) is 56.0 Å². The van der Waals surface area contributed by atoms with E-state index in [1.165, 1.54) is 36.0 Å². The molecule has 0 bridgehead atoms. The molecule has 3 heterocycles. The highest BCUT2D eigenvalue weighted by Crippen LogP contribution is 2.36. The average Bonchev–Trinajstić information content (AvgIpc) is 3.38. The molecule has 7 nitrogen and oxygen atoms in total. The second-order valence-electron chi connectivity index (χ2n) is 8.88. The maximum absolute atomic E-state index is 12.9. The van der Waals surface area contributed by atoms with Gasteiger partial charge in [-0.2, -0.15) is 15.1 Å². The Morgan fingerprint density at radius 3 is 2.62 bits per heavy atom. The molecule has 1 aliphatic carbocycles. The van der Waals surface area contributed by atoms with Crippen molar-refractivity contribution >= 4 is 39.8 Å². The first-order valence-corrected chi connectivity index (χ1v) is 12.7. The molecule has 0 unspecified atom stereocenters. The minimum absolute atomic E-state index is 0.0965. The first-order chi connectivity index (χ1) is 16.5. The predicted octanol–water partition coefficient (Wildman–Crippen LogP) is 5.69. The van der Waals surface area contributed by atoms with Crippen LogP contribution in [0, 0.1) is 25.2 Å². The van der Waals surface area contributed by atoms with E-state index in [0.29, 0.717) is 17.7 Å². The van der Waals surface area contributed by atoms with Crippen molar-refractivity contribution in [3.8, 4) is 11.4 Å². The maximum atomic E-state index is 12.9. The van der Waals surface area contributed by atoms with Crippen LogP contribution in [0.5, 0.6) is 5.75 Å². The molecule has 1 N–H and O–H groups in total. The highest BCUT2D eigenvalue weighted by molar-refractivity contribution is 8.27. The van der Waals surface area contributed by atoms with Crippen molar-refractivity contribution in [1.29, 1.82) is 5.41 Å². The van der Waals surface area contributed by atoms with Crippen molar-refractivity contribution in [2.45, 2.75) is 52.9 Å². The molecule has 2 aromatic rings. The van der Waals surface area contributed by atoms with Gasteiger partial charge in [-0.1, -0.05) is 19.3 Å². The molecule has 3 aliphatic rings. The first-order valence-electron chi connectivity index (χ1n) is 11.9. The van der Waals surface area contributed by atoms with Gasteiger partial charge in [0.05, 0.1) is 12.2 Å². The van der Waals surface area contributed by atoms with Gasteiger partial charge in [0.25, 0.3) is 5.91 Å². The number of aromatic nitrogens is 1. The number of rotatable bonds is 5. The summed E-state index contributed by atoms with van der Waals surface area (Å²) in [5, 5.41) is 16.5. The lowest BCUT2D eigenvalue weighted by atomic mass is 9.90. The number of carbonyl (C=O) groups excluding carboxylic acids is 1. The molecular formula is C26H29N5O2S. The molecular weight excluding hydrogens is 446 g/mol. The van der Waals surface area contributed by atoms with E-state index >= 15 is 0 Å². The zero-order chi connectivity index (χ0) is 23.8. The number of aryl methyl sites for hydroxylation is 1. The van der Waals surface area contributed by atoms with Crippen molar-refractivity contribution in [2.24, 2.45) is 16.0 Å². The number of amides is 1. The summed E-state index contributed by atoms with van der Waals surface area (Å²) in [5.41, 5.74) is 4.21. The first kappa shape index (κ1) is 22.7. The molecule has 0 radical (unpaired) electrons. The third-order valence-corrected chi connectivity index (χ3v) is 7.67. The van der Waals surface area contributed by atoms with Crippen molar-refractivity contribution in [2.75, 3.05) is 6.61 Å². The van der Waals surface area contributed by atoms with Crippen LogP contribution in [0.4, 0.5) is 0 Å². The highest BCUT2D eigenvalue weighted by atomic mass is 32.2. The number of ether oxygens (including phenoxy) is 1. The Kier molecular flexibility index (Phi) is 6.16. The van der Waals surface area contributed by atoms with E-state index in [2.05, 4.69) is 9.56 Å². The number of thioether (sulfide) groups is 1. The normalized spacial score (nSPS) is 20.0. The van der Waals surface area contributed by atoms with E-state index < -0.39 is 0 Å². The topological polar surface area (TPSA) is 83.0 Å². The van der Waals surface area contributed by atoms with Gasteiger partial charge in [0.15, 0.2) is 5.84 Å². The van der Waals surface area contributed by atoms with Gasteiger partial charge >= 0.3 is 0 Å². The number of benzene rings is 1. The molecule has 5 rings (SSSR count). The molecule has 176 valence electrons. The summed E-state index contributed by atoms with van der Waals surface area (Å²) in [6.45, 7) is 6.65. The standard InChI is InChI=1S/C26H29N5O2S/c1-4-33-21-12-10-20(11-13-21)30-16(2)14-19(17(30)3)15-22-23(27)31-26(28-24(22)32)34-25(29-31)18-8-6-5-7-9-18/h10-15,18,27H,4-9H2,1-3H3.